The molecule has 0 aliphatic rings. The summed E-state index contributed by atoms with van der Waals surface area (Å²) in [5, 5.41) is 1.05. The topological polar surface area (TPSA) is 57.1 Å². The lowest BCUT2D eigenvalue weighted by Gasteiger charge is -2.07. The molecule has 0 aliphatic carbocycles. The fraction of sp³-hybridized carbons (Fsp3) is 0.188. The first-order valence-electron chi connectivity index (χ1n) is 6.81. The summed E-state index contributed by atoms with van der Waals surface area (Å²) in [6.45, 7) is 4.49. The highest BCUT2D eigenvalue weighted by Crippen LogP contribution is 2.25. The lowest BCUT2D eigenvalue weighted by Crippen LogP contribution is -1.96. The highest BCUT2D eigenvalue weighted by Gasteiger charge is 2.06. The van der Waals surface area contributed by atoms with Gasteiger partial charge in [0.25, 0.3) is 0 Å². The van der Waals surface area contributed by atoms with Crippen LogP contribution in [0.2, 0.25) is 0 Å². The molecule has 3 rings (SSSR count). The van der Waals surface area contributed by atoms with Crippen LogP contribution in [0.3, 0.4) is 0 Å². The van der Waals surface area contributed by atoms with Gasteiger partial charge < -0.3 is 9.47 Å². The maximum atomic E-state index is 5.81. The zero-order valence-electron chi connectivity index (χ0n) is 12.3. The van der Waals surface area contributed by atoms with Crippen molar-refractivity contribution in [3.63, 3.8) is 0 Å². The Labute approximate surface area is 132 Å². The van der Waals surface area contributed by atoms with Crippen molar-refractivity contribution >= 4 is 11.3 Å². The van der Waals surface area contributed by atoms with Gasteiger partial charge in [-0.15, -0.1) is 11.3 Å². The third-order valence-corrected chi connectivity index (χ3v) is 3.97. The molecule has 0 atom stereocenters. The van der Waals surface area contributed by atoms with Gasteiger partial charge in [-0.3, -0.25) is 0 Å². The zero-order valence-corrected chi connectivity index (χ0v) is 13.1. The molecule has 0 saturated heterocycles. The van der Waals surface area contributed by atoms with Gasteiger partial charge in [0, 0.05) is 18.5 Å². The molecule has 0 N–H and O–H groups in total. The predicted octanol–water partition coefficient (Wildman–Crippen LogP) is 3.92. The largest absolute Gasteiger partial charge is 0.488 e. The third-order valence-electron chi connectivity index (χ3n) is 2.93. The molecule has 22 heavy (non-hydrogen) atoms. The molecule has 0 fully saturated rings. The Hall–Kier alpha value is -2.47. The number of nitrogens with zero attached hydrogens (tertiary/aromatic N) is 3. The van der Waals surface area contributed by atoms with E-state index in [9.17, 15) is 0 Å². The van der Waals surface area contributed by atoms with Gasteiger partial charge in [-0.05, 0) is 32.0 Å². The van der Waals surface area contributed by atoms with Crippen molar-refractivity contribution in [2.24, 2.45) is 0 Å². The highest BCUT2D eigenvalue weighted by atomic mass is 32.1. The summed E-state index contributed by atoms with van der Waals surface area (Å²) >= 11 is 1.65. The summed E-state index contributed by atoms with van der Waals surface area (Å²) in [5.74, 6) is 1.37. The Morgan fingerprint density at radius 1 is 1.05 bits per heavy atom. The van der Waals surface area contributed by atoms with Crippen LogP contribution in [0.25, 0.3) is 0 Å². The van der Waals surface area contributed by atoms with Crippen LogP contribution in [-0.2, 0) is 6.61 Å². The minimum Gasteiger partial charge on any atom is -0.488 e. The van der Waals surface area contributed by atoms with Gasteiger partial charge >= 0.3 is 6.01 Å². The number of benzene rings is 1. The van der Waals surface area contributed by atoms with Gasteiger partial charge in [-0.25, -0.2) is 15.0 Å². The summed E-state index contributed by atoms with van der Waals surface area (Å²) in [4.78, 5) is 13.6. The van der Waals surface area contributed by atoms with Gasteiger partial charge in [0.2, 0.25) is 0 Å². The number of thiazole rings is 1. The minimum absolute atomic E-state index is 0.313. The molecular weight excluding hydrogens is 298 g/mol. The molecule has 0 amide bonds. The summed E-state index contributed by atoms with van der Waals surface area (Å²) in [6.07, 6.45) is 3.27. The first kappa shape index (κ1) is 14.5. The van der Waals surface area contributed by atoms with E-state index in [4.69, 9.17) is 9.47 Å². The van der Waals surface area contributed by atoms with E-state index in [0.717, 1.165) is 21.3 Å². The Morgan fingerprint density at radius 2 is 1.82 bits per heavy atom. The van der Waals surface area contributed by atoms with Gasteiger partial charge in [0.05, 0.1) is 15.6 Å². The standard InChI is InChI=1S/C16H15N3O2S/c1-11-15(22-12(2)19-11)10-20-13-5-3-6-14(9-13)21-16-17-7-4-8-18-16/h3-9H,10H2,1-2H3. The Balaban J connectivity index is 1.67. The predicted molar refractivity (Wildman–Crippen MR) is 84.5 cm³/mol. The number of hydrogen-bond acceptors (Lipinski definition) is 6. The van der Waals surface area contributed by atoms with Crippen LogP contribution < -0.4 is 9.47 Å². The molecule has 0 bridgehead atoms. The normalized spacial score (nSPS) is 10.5. The van der Waals surface area contributed by atoms with Crippen molar-refractivity contribution in [1.82, 2.24) is 15.0 Å². The molecule has 2 heterocycles. The number of rotatable bonds is 5. The lowest BCUT2D eigenvalue weighted by atomic mass is 10.3. The Bertz CT molecular complexity index is 759. The molecule has 0 aliphatic heterocycles. The maximum absolute atomic E-state index is 5.81. The molecule has 6 heteroatoms. The van der Waals surface area contributed by atoms with Crippen molar-refractivity contribution in [3.05, 3.63) is 58.3 Å². The molecule has 5 nitrogen and oxygen atoms in total. The van der Waals surface area contributed by atoms with E-state index in [1.54, 1.807) is 29.8 Å². The smallest absolute Gasteiger partial charge is 0.321 e. The second kappa shape index (κ2) is 6.53. The molecule has 0 radical (unpaired) electrons. The zero-order chi connectivity index (χ0) is 15.4. The van der Waals surface area contributed by atoms with E-state index in [-0.39, 0.29) is 0 Å². The summed E-state index contributed by atoms with van der Waals surface area (Å²) in [7, 11) is 0. The molecule has 0 spiro atoms. The van der Waals surface area contributed by atoms with Gasteiger partial charge in [-0.2, -0.15) is 0 Å². The molecular formula is C16H15N3O2S. The quantitative estimate of drug-likeness (QED) is 0.714. The lowest BCUT2D eigenvalue weighted by molar-refractivity contribution is 0.307. The van der Waals surface area contributed by atoms with Crippen LogP contribution in [0, 0.1) is 13.8 Å². The average Bonchev–Trinajstić information content (AvgIpc) is 2.84. The SMILES string of the molecule is Cc1nc(C)c(COc2cccc(Oc3ncccn3)c2)s1. The average molecular weight is 313 g/mol. The number of aryl methyl sites for hydroxylation is 2. The summed E-state index contributed by atoms with van der Waals surface area (Å²) in [5.41, 5.74) is 1.02. The monoisotopic (exact) mass is 313 g/mol. The maximum Gasteiger partial charge on any atom is 0.321 e. The van der Waals surface area contributed by atoms with E-state index in [1.165, 1.54) is 0 Å². The molecule has 3 aromatic rings. The first-order valence-corrected chi connectivity index (χ1v) is 7.63. The highest BCUT2D eigenvalue weighted by molar-refractivity contribution is 7.11. The molecule has 0 unspecified atom stereocenters. The van der Waals surface area contributed by atoms with Crippen LogP contribution in [0.5, 0.6) is 17.5 Å². The van der Waals surface area contributed by atoms with E-state index in [2.05, 4.69) is 15.0 Å². The number of hydrogen-bond donors (Lipinski definition) is 0. The molecule has 2 aromatic heterocycles. The van der Waals surface area contributed by atoms with Crippen molar-refractivity contribution in [2.75, 3.05) is 0 Å². The van der Waals surface area contributed by atoms with Gasteiger partial charge in [0.1, 0.15) is 18.1 Å². The Kier molecular flexibility index (Phi) is 4.29. The second-order valence-electron chi connectivity index (χ2n) is 4.64. The fourth-order valence-electron chi connectivity index (χ4n) is 1.93. The van der Waals surface area contributed by atoms with E-state index in [0.29, 0.717) is 18.4 Å². The van der Waals surface area contributed by atoms with Crippen molar-refractivity contribution in [3.8, 4) is 17.5 Å². The van der Waals surface area contributed by atoms with Crippen LogP contribution >= 0.6 is 11.3 Å². The first-order chi connectivity index (χ1) is 10.7. The third kappa shape index (κ3) is 3.59. The fourth-order valence-corrected chi connectivity index (χ4v) is 2.78. The summed E-state index contributed by atoms with van der Waals surface area (Å²) in [6, 6.07) is 9.48. The van der Waals surface area contributed by atoms with Crippen molar-refractivity contribution in [1.29, 1.82) is 0 Å². The Morgan fingerprint density at radius 3 is 2.55 bits per heavy atom. The van der Waals surface area contributed by atoms with Crippen molar-refractivity contribution < 1.29 is 9.47 Å². The second-order valence-corrected chi connectivity index (χ2v) is 5.93. The van der Waals surface area contributed by atoms with E-state index < -0.39 is 0 Å². The summed E-state index contributed by atoms with van der Waals surface area (Å²) < 4.78 is 11.4. The van der Waals surface area contributed by atoms with Crippen LogP contribution in [-0.4, -0.2) is 15.0 Å². The number of aromatic nitrogens is 3. The number of ether oxygens (including phenoxy) is 2. The van der Waals surface area contributed by atoms with E-state index in [1.807, 2.05) is 38.1 Å². The molecule has 0 saturated carbocycles. The minimum atomic E-state index is 0.313. The van der Waals surface area contributed by atoms with Gasteiger partial charge in [-0.1, -0.05) is 6.07 Å². The molecule has 112 valence electrons. The molecule has 1 aromatic carbocycles. The van der Waals surface area contributed by atoms with Crippen LogP contribution in [0.4, 0.5) is 0 Å². The van der Waals surface area contributed by atoms with Crippen LogP contribution in [0.15, 0.2) is 42.7 Å². The van der Waals surface area contributed by atoms with Gasteiger partial charge in [0.15, 0.2) is 0 Å². The van der Waals surface area contributed by atoms with E-state index >= 15 is 0 Å². The van der Waals surface area contributed by atoms with Crippen LogP contribution in [0.1, 0.15) is 15.6 Å². The van der Waals surface area contributed by atoms with Crippen molar-refractivity contribution in [2.45, 2.75) is 20.5 Å².